The Kier molecular flexibility index (Phi) is 5.06. The van der Waals surface area contributed by atoms with Crippen molar-refractivity contribution in [2.24, 2.45) is 40.2 Å². The lowest BCUT2D eigenvalue weighted by atomic mass is 9.46. The number of amides is 1. The van der Waals surface area contributed by atoms with Gasteiger partial charge in [0.05, 0.1) is 5.70 Å². The van der Waals surface area contributed by atoms with Crippen molar-refractivity contribution in [1.29, 1.82) is 0 Å². The van der Waals surface area contributed by atoms with Gasteiger partial charge < -0.3 is 11.1 Å². The highest BCUT2D eigenvalue weighted by Gasteiger charge is 2.60. The Balaban J connectivity index is 1.35. The largest absolute Gasteiger partial charge is 0.396 e. The van der Waals surface area contributed by atoms with E-state index in [9.17, 15) is 9.59 Å². The molecule has 0 radical (unpaired) electrons. The van der Waals surface area contributed by atoms with Crippen molar-refractivity contribution in [2.75, 3.05) is 0 Å². The van der Waals surface area contributed by atoms with Crippen molar-refractivity contribution >= 4 is 11.7 Å². The molecule has 0 aromatic rings. The number of allylic oxidation sites excluding steroid dienone is 1. The molecule has 0 heterocycles. The van der Waals surface area contributed by atoms with Gasteiger partial charge in [0.15, 0.2) is 5.78 Å². The van der Waals surface area contributed by atoms with E-state index in [0.717, 1.165) is 44.9 Å². The first-order chi connectivity index (χ1) is 14.3. The quantitative estimate of drug-likeness (QED) is 0.680. The second kappa shape index (κ2) is 7.38. The maximum atomic E-state index is 13.3. The Bertz CT molecular complexity index is 767. The molecule has 30 heavy (non-hydrogen) atoms. The molecule has 4 nitrogen and oxygen atoms in total. The predicted octanol–water partition coefficient (Wildman–Crippen LogP) is 4.87. The van der Waals surface area contributed by atoms with Crippen molar-refractivity contribution in [3.8, 4) is 0 Å². The molecule has 4 heteroatoms. The molecule has 1 amide bonds. The number of nitrogens with one attached hydrogen (secondary N) is 1. The minimum absolute atomic E-state index is 0.102. The van der Waals surface area contributed by atoms with Crippen molar-refractivity contribution < 1.29 is 9.59 Å². The van der Waals surface area contributed by atoms with E-state index in [-0.39, 0.29) is 22.5 Å². The van der Waals surface area contributed by atoms with Crippen LogP contribution in [-0.2, 0) is 9.59 Å². The second-order valence-corrected chi connectivity index (χ2v) is 11.7. The summed E-state index contributed by atoms with van der Waals surface area (Å²) in [7, 11) is 0. The van der Waals surface area contributed by atoms with Gasteiger partial charge in [-0.05, 0) is 91.9 Å². The van der Waals surface area contributed by atoms with Crippen LogP contribution in [0.2, 0.25) is 0 Å². The number of hydrogen-bond donors (Lipinski definition) is 2. The third-order valence-corrected chi connectivity index (χ3v) is 10.4. The van der Waals surface area contributed by atoms with E-state index in [1.807, 2.05) is 0 Å². The molecule has 0 saturated heterocycles. The van der Waals surface area contributed by atoms with Gasteiger partial charge in [-0.3, -0.25) is 9.59 Å². The van der Waals surface area contributed by atoms with Crippen LogP contribution in [0.15, 0.2) is 11.3 Å². The highest BCUT2D eigenvalue weighted by Crippen LogP contribution is 2.66. The topological polar surface area (TPSA) is 72.2 Å². The normalized spacial score (nSPS) is 44.3. The number of ketones is 1. The summed E-state index contributed by atoms with van der Waals surface area (Å²) in [6.07, 6.45) is 14.5. The Labute approximate surface area is 181 Å². The fourth-order valence-corrected chi connectivity index (χ4v) is 8.74. The third-order valence-electron chi connectivity index (χ3n) is 10.4. The van der Waals surface area contributed by atoms with Crippen LogP contribution < -0.4 is 11.1 Å². The first-order valence-corrected chi connectivity index (χ1v) is 12.7. The van der Waals surface area contributed by atoms with Crippen LogP contribution in [-0.4, -0.2) is 17.7 Å². The third kappa shape index (κ3) is 2.99. The molecule has 5 aliphatic carbocycles. The van der Waals surface area contributed by atoms with Gasteiger partial charge in [0.25, 0.3) is 0 Å². The van der Waals surface area contributed by atoms with Crippen LogP contribution >= 0.6 is 0 Å². The summed E-state index contributed by atoms with van der Waals surface area (Å²) >= 11 is 0. The molecule has 3 N–H and O–H groups in total. The minimum Gasteiger partial charge on any atom is -0.396 e. The van der Waals surface area contributed by atoms with Crippen LogP contribution in [0.3, 0.4) is 0 Å². The smallest absolute Gasteiger partial charge is 0.223 e. The molecule has 166 valence electrons. The molecule has 6 atom stereocenters. The summed E-state index contributed by atoms with van der Waals surface area (Å²) in [5, 5.41) is 3.45. The average Bonchev–Trinajstić information content (AvgIpc) is 3.09. The highest BCUT2D eigenvalue weighted by atomic mass is 16.2. The van der Waals surface area contributed by atoms with Crippen molar-refractivity contribution in [3.05, 3.63) is 11.3 Å². The van der Waals surface area contributed by atoms with Gasteiger partial charge in [0.1, 0.15) is 0 Å². The van der Waals surface area contributed by atoms with E-state index in [4.69, 9.17) is 5.73 Å². The minimum atomic E-state index is 0.102. The highest BCUT2D eigenvalue weighted by molar-refractivity contribution is 5.96. The van der Waals surface area contributed by atoms with E-state index in [1.54, 1.807) is 0 Å². The average molecular weight is 413 g/mol. The van der Waals surface area contributed by atoms with Crippen molar-refractivity contribution in [2.45, 2.75) is 103 Å². The van der Waals surface area contributed by atoms with Crippen LogP contribution in [0.4, 0.5) is 0 Å². The Hall–Kier alpha value is -1.32. The maximum absolute atomic E-state index is 13.3. The molecule has 0 unspecified atom stereocenters. The zero-order valence-corrected chi connectivity index (χ0v) is 19.0. The predicted molar refractivity (Wildman–Crippen MR) is 118 cm³/mol. The van der Waals surface area contributed by atoms with Crippen LogP contribution in [0, 0.1) is 34.5 Å². The number of fused-ring (bicyclic) bond motifs is 5. The molecular formula is C26H40N2O2. The van der Waals surface area contributed by atoms with Crippen molar-refractivity contribution in [1.82, 2.24) is 5.32 Å². The summed E-state index contributed by atoms with van der Waals surface area (Å²) in [6.45, 7) is 4.82. The van der Waals surface area contributed by atoms with Gasteiger partial charge >= 0.3 is 0 Å². The molecule has 5 rings (SSSR count). The molecule has 5 aliphatic rings. The zero-order valence-electron chi connectivity index (χ0n) is 19.0. The lowest BCUT2D eigenvalue weighted by Gasteiger charge is -2.58. The van der Waals surface area contributed by atoms with Crippen LogP contribution in [0.5, 0.6) is 0 Å². The summed E-state index contributed by atoms with van der Waals surface area (Å²) in [5.41, 5.74) is 8.41. The van der Waals surface area contributed by atoms with E-state index >= 15 is 0 Å². The molecule has 4 saturated carbocycles. The van der Waals surface area contributed by atoms with Gasteiger partial charge in [-0.1, -0.05) is 33.1 Å². The summed E-state index contributed by atoms with van der Waals surface area (Å²) in [5.74, 6) is 2.67. The summed E-state index contributed by atoms with van der Waals surface area (Å²) in [4.78, 5) is 25.6. The molecular weight excluding hydrogens is 372 g/mol. The Morgan fingerprint density at radius 1 is 0.933 bits per heavy atom. The lowest BCUT2D eigenvalue weighted by molar-refractivity contribution is -0.133. The summed E-state index contributed by atoms with van der Waals surface area (Å²) < 4.78 is 0. The van der Waals surface area contributed by atoms with Gasteiger partial charge in [-0.2, -0.15) is 0 Å². The van der Waals surface area contributed by atoms with E-state index in [0.29, 0.717) is 41.8 Å². The molecule has 4 fully saturated rings. The Morgan fingerprint density at radius 2 is 1.70 bits per heavy atom. The SMILES string of the molecule is C[C@]12CC[C@H]3[C@@H](CCC4=C(N)C(=O)CC[C@@]43C)[C@@H]1CC[C@@H]2C(=O)NC1CCCCC1. The fraction of sp³-hybridized carbons (Fsp3) is 0.846. The first kappa shape index (κ1) is 20.6. The Morgan fingerprint density at radius 3 is 2.47 bits per heavy atom. The van der Waals surface area contributed by atoms with Gasteiger partial charge in [0, 0.05) is 18.4 Å². The number of Topliss-reactive ketones (excluding diaryl/α,β-unsaturated/α-hetero) is 1. The first-order valence-electron chi connectivity index (χ1n) is 12.7. The van der Waals surface area contributed by atoms with E-state index in [1.165, 1.54) is 37.7 Å². The van der Waals surface area contributed by atoms with Gasteiger partial charge in [0.2, 0.25) is 5.91 Å². The molecule has 0 aromatic carbocycles. The number of carbonyl (C=O) groups excluding carboxylic acids is 2. The molecule has 0 aliphatic heterocycles. The van der Waals surface area contributed by atoms with Crippen LogP contribution in [0.1, 0.15) is 97.3 Å². The number of carbonyl (C=O) groups is 2. The number of rotatable bonds is 2. The van der Waals surface area contributed by atoms with E-state index in [2.05, 4.69) is 19.2 Å². The maximum Gasteiger partial charge on any atom is 0.223 e. The molecule has 0 spiro atoms. The number of nitrogens with two attached hydrogens (primary N) is 1. The monoisotopic (exact) mass is 412 g/mol. The fourth-order valence-electron chi connectivity index (χ4n) is 8.74. The second-order valence-electron chi connectivity index (χ2n) is 11.7. The molecule has 0 bridgehead atoms. The van der Waals surface area contributed by atoms with Crippen LogP contribution in [0.25, 0.3) is 0 Å². The lowest BCUT2D eigenvalue weighted by Crippen LogP contribution is -2.53. The van der Waals surface area contributed by atoms with Crippen molar-refractivity contribution in [3.63, 3.8) is 0 Å². The molecule has 0 aromatic heterocycles. The zero-order chi connectivity index (χ0) is 21.1. The summed E-state index contributed by atoms with van der Waals surface area (Å²) in [6, 6.07) is 0.411. The number of hydrogen-bond acceptors (Lipinski definition) is 3. The standard InChI is InChI=1S/C26H40N2O2/c1-25-15-13-22(29)23(27)20(25)9-8-17-18-10-11-21(26(18,2)14-12-19(17)25)24(30)28-16-6-4-3-5-7-16/h16-19,21H,3-15,27H2,1-2H3,(H,28,30)/t17-,18-,19-,21+,25+,26-/m0/s1. The van der Waals surface area contributed by atoms with Gasteiger partial charge in [-0.15, -0.1) is 0 Å². The van der Waals surface area contributed by atoms with E-state index < -0.39 is 0 Å². The van der Waals surface area contributed by atoms with Gasteiger partial charge in [-0.25, -0.2) is 0 Å².